The highest BCUT2D eigenvalue weighted by Gasteiger charge is 2.08. The molecule has 0 saturated carbocycles. The summed E-state index contributed by atoms with van der Waals surface area (Å²) in [4.78, 5) is 3.82. The normalized spacial score (nSPS) is 12.9. The maximum Gasteiger partial charge on any atom is 0.298 e. The standard InChI is InChI=1S/C5H8N4O3S2/c1-3(8-10)4-2-13-5(7-4)9-14(6,11)12/h2,10H,1H3,(H,7,9)(H2,6,11,12)/b8-3+. The molecular formula is C5H8N4O3S2. The quantitative estimate of drug-likeness (QED) is 0.387. The number of aromatic nitrogens is 1. The highest BCUT2D eigenvalue weighted by Crippen LogP contribution is 2.16. The maximum absolute atomic E-state index is 10.6. The second kappa shape index (κ2) is 3.90. The zero-order valence-electron chi connectivity index (χ0n) is 7.13. The van der Waals surface area contributed by atoms with Crippen molar-refractivity contribution in [3.05, 3.63) is 11.1 Å². The average Bonchev–Trinajstić information content (AvgIpc) is 2.48. The van der Waals surface area contributed by atoms with Crippen molar-refractivity contribution in [2.75, 3.05) is 4.72 Å². The summed E-state index contributed by atoms with van der Waals surface area (Å²) < 4.78 is 23.2. The van der Waals surface area contributed by atoms with Crippen LogP contribution < -0.4 is 9.86 Å². The molecule has 0 aliphatic heterocycles. The lowest BCUT2D eigenvalue weighted by Crippen LogP contribution is -2.21. The summed E-state index contributed by atoms with van der Waals surface area (Å²) in [5.74, 6) is 0. The molecule has 1 aromatic rings. The number of hydrogen-bond donors (Lipinski definition) is 3. The first-order chi connectivity index (χ1) is 6.42. The fraction of sp³-hybridized carbons (Fsp3) is 0.200. The van der Waals surface area contributed by atoms with Gasteiger partial charge in [-0.25, -0.2) is 14.8 Å². The smallest absolute Gasteiger partial charge is 0.298 e. The molecule has 0 aliphatic rings. The SMILES string of the molecule is C/C(=N\O)c1csc(NS(N)(=O)=O)n1. The Balaban J connectivity index is 2.90. The van der Waals surface area contributed by atoms with E-state index < -0.39 is 10.2 Å². The lowest BCUT2D eigenvalue weighted by Gasteiger charge is -1.96. The number of rotatable bonds is 3. The molecule has 4 N–H and O–H groups in total. The van der Waals surface area contributed by atoms with Gasteiger partial charge in [0.25, 0.3) is 10.2 Å². The summed E-state index contributed by atoms with van der Waals surface area (Å²) in [6.45, 7) is 1.54. The van der Waals surface area contributed by atoms with Crippen molar-refractivity contribution in [2.24, 2.45) is 10.3 Å². The van der Waals surface area contributed by atoms with E-state index in [0.717, 1.165) is 11.3 Å². The van der Waals surface area contributed by atoms with Crippen LogP contribution in [0.1, 0.15) is 12.6 Å². The van der Waals surface area contributed by atoms with Crippen LogP contribution in [0, 0.1) is 0 Å². The molecule has 1 heterocycles. The monoisotopic (exact) mass is 236 g/mol. The highest BCUT2D eigenvalue weighted by molar-refractivity contribution is 7.90. The van der Waals surface area contributed by atoms with Gasteiger partial charge in [0, 0.05) is 5.38 Å². The first-order valence-electron chi connectivity index (χ1n) is 3.37. The molecule has 0 saturated heterocycles. The lowest BCUT2D eigenvalue weighted by molar-refractivity contribution is 0.319. The molecule has 0 spiro atoms. The first-order valence-corrected chi connectivity index (χ1v) is 5.80. The van der Waals surface area contributed by atoms with Crippen LogP contribution in [-0.4, -0.2) is 24.3 Å². The van der Waals surface area contributed by atoms with Crippen molar-refractivity contribution in [2.45, 2.75) is 6.92 Å². The van der Waals surface area contributed by atoms with Crippen molar-refractivity contribution in [1.82, 2.24) is 4.98 Å². The molecule has 0 bridgehead atoms. The van der Waals surface area contributed by atoms with E-state index in [-0.39, 0.29) is 5.13 Å². The Morgan fingerprint density at radius 2 is 2.43 bits per heavy atom. The summed E-state index contributed by atoms with van der Waals surface area (Å²) in [6.07, 6.45) is 0. The van der Waals surface area contributed by atoms with Gasteiger partial charge < -0.3 is 5.21 Å². The Hall–Kier alpha value is -1.19. The molecular weight excluding hydrogens is 228 g/mol. The van der Waals surface area contributed by atoms with Crippen molar-refractivity contribution in [3.8, 4) is 0 Å². The number of thiazole rings is 1. The van der Waals surface area contributed by atoms with E-state index in [1.807, 2.05) is 4.72 Å². The van der Waals surface area contributed by atoms with E-state index in [9.17, 15) is 8.42 Å². The van der Waals surface area contributed by atoms with Gasteiger partial charge >= 0.3 is 0 Å². The van der Waals surface area contributed by atoms with Gasteiger partial charge in [0.15, 0.2) is 5.13 Å². The summed E-state index contributed by atoms with van der Waals surface area (Å²) in [6, 6.07) is 0. The third-order valence-electron chi connectivity index (χ3n) is 1.25. The van der Waals surface area contributed by atoms with Crippen LogP contribution in [0.25, 0.3) is 0 Å². The van der Waals surface area contributed by atoms with E-state index in [2.05, 4.69) is 10.1 Å². The van der Waals surface area contributed by atoms with Crippen LogP contribution in [-0.2, 0) is 10.2 Å². The van der Waals surface area contributed by atoms with Gasteiger partial charge in [-0.15, -0.1) is 11.3 Å². The molecule has 9 heteroatoms. The van der Waals surface area contributed by atoms with Gasteiger partial charge in [0.1, 0.15) is 11.4 Å². The van der Waals surface area contributed by atoms with Crippen LogP contribution >= 0.6 is 11.3 Å². The number of nitrogens with two attached hydrogens (primary N) is 1. The van der Waals surface area contributed by atoms with Gasteiger partial charge in [-0.05, 0) is 6.92 Å². The molecule has 0 unspecified atom stereocenters. The molecule has 14 heavy (non-hydrogen) atoms. The Kier molecular flexibility index (Phi) is 3.03. The van der Waals surface area contributed by atoms with Crippen molar-refractivity contribution < 1.29 is 13.6 Å². The van der Waals surface area contributed by atoms with E-state index >= 15 is 0 Å². The predicted octanol–water partition coefficient (Wildman–Crippen LogP) is -0.0433. The molecule has 0 fully saturated rings. The Labute approximate surface area is 84.5 Å². The van der Waals surface area contributed by atoms with Gasteiger partial charge in [0.2, 0.25) is 0 Å². The molecule has 78 valence electrons. The van der Waals surface area contributed by atoms with Gasteiger partial charge in [0.05, 0.1) is 0 Å². The number of nitrogens with zero attached hydrogens (tertiary/aromatic N) is 2. The van der Waals surface area contributed by atoms with Crippen LogP contribution in [0.5, 0.6) is 0 Å². The number of oxime groups is 1. The van der Waals surface area contributed by atoms with Gasteiger partial charge in [-0.2, -0.15) is 8.42 Å². The molecule has 0 amide bonds. The predicted molar refractivity (Wildman–Crippen MR) is 52.8 cm³/mol. The molecule has 0 aromatic carbocycles. The van der Waals surface area contributed by atoms with E-state index in [1.165, 1.54) is 6.92 Å². The minimum absolute atomic E-state index is 0.130. The fourth-order valence-corrected chi connectivity index (χ4v) is 2.09. The van der Waals surface area contributed by atoms with E-state index in [1.54, 1.807) is 5.38 Å². The largest absolute Gasteiger partial charge is 0.411 e. The number of nitrogens with one attached hydrogen (secondary N) is 1. The van der Waals surface area contributed by atoms with E-state index in [0.29, 0.717) is 11.4 Å². The fourth-order valence-electron chi connectivity index (χ4n) is 0.660. The average molecular weight is 236 g/mol. The van der Waals surface area contributed by atoms with Crippen LogP contribution in [0.15, 0.2) is 10.5 Å². The second-order valence-corrected chi connectivity index (χ2v) is 4.52. The molecule has 1 aromatic heterocycles. The third-order valence-corrected chi connectivity index (χ3v) is 2.62. The van der Waals surface area contributed by atoms with Crippen LogP contribution in [0.3, 0.4) is 0 Å². The van der Waals surface area contributed by atoms with Crippen molar-refractivity contribution in [3.63, 3.8) is 0 Å². The Morgan fingerprint density at radius 3 is 2.93 bits per heavy atom. The van der Waals surface area contributed by atoms with E-state index in [4.69, 9.17) is 10.3 Å². The molecule has 0 atom stereocenters. The zero-order valence-corrected chi connectivity index (χ0v) is 8.76. The number of hydrogen-bond acceptors (Lipinski definition) is 6. The zero-order chi connectivity index (χ0) is 10.8. The second-order valence-electron chi connectivity index (χ2n) is 2.37. The first kappa shape index (κ1) is 10.9. The minimum atomic E-state index is -3.80. The molecule has 0 aliphatic carbocycles. The highest BCUT2D eigenvalue weighted by atomic mass is 32.2. The lowest BCUT2D eigenvalue weighted by atomic mass is 10.3. The van der Waals surface area contributed by atoms with Crippen LogP contribution in [0.2, 0.25) is 0 Å². The maximum atomic E-state index is 10.6. The van der Waals surface area contributed by atoms with Crippen molar-refractivity contribution in [1.29, 1.82) is 0 Å². The molecule has 1 rings (SSSR count). The topological polar surface area (TPSA) is 118 Å². The van der Waals surface area contributed by atoms with Crippen molar-refractivity contribution >= 4 is 32.4 Å². The summed E-state index contributed by atoms with van der Waals surface area (Å²) in [7, 11) is -3.80. The van der Waals surface area contributed by atoms with Crippen LogP contribution in [0.4, 0.5) is 5.13 Å². The molecule has 7 nitrogen and oxygen atoms in total. The molecule has 0 radical (unpaired) electrons. The summed E-state index contributed by atoms with van der Waals surface area (Å²) in [5.41, 5.74) is 0.687. The number of anilines is 1. The Morgan fingerprint density at radius 1 is 1.79 bits per heavy atom. The van der Waals surface area contributed by atoms with Gasteiger partial charge in [-0.1, -0.05) is 5.16 Å². The summed E-state index contributed by atoms with van der Waals surface area (Å²) in [5, 5.41) is 17.7. The minimum Gasteiger partial charge on any atom is -0.411 e. The summed E-state index contributed by atoms with van der Waals surface area (Å²) >= 11 is 1.05. The Bertz CT molecular complexity index is 449. The third kappa shape index (κ3) is 2.94. The van der Waals surface area contributed by atoms with Gasteiger partial charge in [-0.3, -0.25) is 0 Å².